The van der Waals surface area contributed by atoms with E-state index < -0.39 is 0 Å². The van der Waals surface area contributed by atoms with Crippen LogP contribution >= 0.6 is 0 Å². The fraction of sp³-hybridized carbons (Fsp3) is 0.929. The van der Waals surface area contributed by atoms with Gasteiger partial charge in [0.05, 0.1) is 12.6 Å². The van der Waals surface area contributed by atoms with E-state index in [0.717, 1.165) is 26.1 Å². The van der Waals surface area contributed by atoms with Gasteiger partial charge >= 0.3 is 0 Å². The standard InChI is InChI=1S/C14H31N3O2/c1-11(2)10-17(8-9-19-5)7-6-13(14(15)18)16-12(3)4/h11-13,16H,6-10H2,1-5H3,(H2,15,18). The highest BCUT2D eigenvalue weighted by Crippen LogP contribution is 2.03. The van der Waals surface area contributed by atoms with Crippen molar-refractivity contribution in [1.29, 1.82) is 0 Å². The van der Waals surface area contributed by atoms with Crippen LogP contribution in [0.4, 0.5) is 0 Å². The van der Waals surface area contributed by atoms with Crippen molar-refractivity contribution in [2.24, 2.45) is 11.7 Å². The molecule has 0 bridgehead atoms. The van der Waals surface area contributed by atoms with Crippen molar-refractivity contribution in [3.8, 4) is 0 Å². The molecule has 0 saturated carbocycles. The number of carbonyl (C=O) groups excluding carboxylic acids is 1. The molecular formula is C14H31N3O2. The Hall–Kier alpha value is -0.650. The maximum Gasteiger partial charge on any atom is 0.234 e. The Morgan fingerprint density at radius 1 is 1.26 bits per heavy atom. The predicted molar refractivity (Wildman–Crippen MR) is 79.0 cm³/mol. The molecule has 0 rings (SSSR count). The Bertz CT molecular complexity index is 245. The van der Waals surface area contributed by atoms with Gasteiger partial charge in [0.1, 0.15) is 0 Å². The molecule has 0 spiro atoms. The first kappa shape index (κ1) is 18.4. The first-order valence-electron chi connectivity index (χ1n) is 7.13. The molecule has 1 unspecified atom stereocenters. The number of nitrogens with two attached hydrogens (primary N) is 1. The molecule has 0 aromatic carbocycles. The lowest BCUT2D eigenvalue weighted by Crippen LogP contribution is -2.46. The predicted octanol–water partition coefficient (Wildman–Crippen LogP) is 0.833. The molecule has 1 atom stereocenters. The largest absolute Gasteiger partial charge is 0.383 e. The van der Waals surface area contributed by atoms with E-state index in [0.29, 0.717) is 12.5 Å². The van der Waals surface area contributed by atoms with Crippen molar-refractivity contribution in [2.45, 2.75) is 46.2 Å². The van der Waals surface area contributed by atoms with Crippen LogP contribution in [0.1, 0.15) is 34.1 Å². The summed E-state index contributed by atoms with van der Waals surface area (Å²) in [6, 6.07) is 0.00670. The summed E-state index contributed by atoms with van der Waals surface area (Å²) in [4.78, 5) is 13.7. The van der Waals surface area contributed by atoms with Gasteiger partial charge in [-0.05, 0) is 12.3 Å². The average molecular weight is 273 g/mol. The Morgan fingerprint density at radius 2 is 1.89 bits per heavy atom. The van der Waals surface area contributed by atoms with Crippen molar-refractivity contribution in [2.75, 3.05) is 33.4 Å². The molecule has 0 saturated heterocycles. The van der Waals surface area contributed by atoms with Crippen LogP contribution in [0.15, 0.2) is 0 Å². The van der Waals surface area contributed by atoms with Crippen LogP contribution in [0, 0.1) is 5.92 Å². The minimum atomic E-state index is -0.273. The Kier molecular flexibility index (Phi) is 9.83. The minimum absolute atomic E-state index is 0.253. The number of primary amides is 1. The van der Waals surface area contributed by atoms with Crippen molar-refractivity contribution < 1.29 is 9.53 Å². The summed E-state index contributed by atoms with van der Waals surface area (Å²) in [6.07, 6.45) is 0.740. The van der Waals surface area contributed by atoms with Crippen LogP contribution in [-0.2, 0) is 9.53 Å². The molecule has 114 valence electrons. The molecule has 19 heavy (non-hydrogen) atoms. The molecule has 5 nitrogen and oxygen atoms in total. The van der Waals surface area contributed by atoms with Gasteiger partial charge < -0.3 is 20.7 Å². The number of methoxy groups -OCH3 is 1. The SMILES string of the molecule is COCCN(CCC(NC(C)C)C(N)=O)CC(C)C. The van der Waals surface area contributed by atoms with E-state index >= 15 is 0 Å². The number of hydrogen-bond acceptors (Lipinski definition) is 4. The van der Waals surface area contributed by atoms with Gasteiger partial charge in [-0.1, -0.05) is 27.7 Å². The number of nitrogens with zero attached hydrogens (tertiary/aromatic N) is 1. The zero-order valence-electron chi connectivity index (χ0n) is 13.1. The Labute approximate surface area is 117 Å². The number of nitrogens with one attached hydrogen (secondary N) is 1. The monoisotopic (exact) mass is 273 g/mol. The number of hydrogen-bond donors (Lipinski definition) is 2. The van der Waals surface area contributed by atoms with E-state index in [1.165, 1.54) is 0 Å². The molecule has 5 heteroatoms. The molecule has 1 amide bonds. The van der Waals surface area contributed by atoms with Crippen LogP contribution in [0.2, 0.25) is 0 Å². The Morgan fingerprint density at radius 3 is 2.32 bits per heavy atom. The van der Waals surface area contributed by atoms with E-state index in [1.807, 2.05) is 13.8 Å². The van der Waals surface area contributed by atoms with Crippen LogP contribution < -0.4 is 11.1 Å². The van der Waals surface area contributed by atoms with Crippen molar-refractivity contribution in [3.63, 3.8) is 0 Å². The van der Waals surface area contributed by atoms with Gasteiger partial charge in [-0.2, -0.15) is 0 Å². The van der Waals surface area contributed by atoms with Crippen molar-refractivity contribution in [1.82, 2.24) is 10.2 Å². The van der Waals surface area contributed by atoms with Gasteiger partial charge in [0, 0.05) is 32.8 Å². The van der Waals surface area contributed by atoms with E-state index in [9.17, 15) is 4.79 Å². The molecule has 0 radical (unpaired) electrons. The normalized spacial score (nSPS) is 13.5. The third kappa shape index (κ3) is 9.87. The van der Waals surface area contributed by atoms with Gasteiger partial charge in [0.25, 0.3) is 0 Å². The molecule has 0 aliphatic heterocycles. The van der Waals surface area contributed by atoms with Crippen LogP contribution in [0.3, 0.4) is 0 Å². The van der Waals surface area contributed by atoms with Crippen LogP contribution in [0.25, 0.3) is 0 Å². The molecule has 0 heterocycles. The molecule has 0 aromatic heterocycles. The quantitative estimate of drug-likeness (QED) is 0.585. The maximum absolute atomic E-state index is 11.4. The number of ether oxygens (including phenoxy) is 1. The summed E-state index contributed by atoms with van der Waals surface area (Å²) in [5.74, 6) is 0.326. The lowest BCUT2D eigenvalue weighted by Gasteiger charge is -2.26. The zero-order valence-corrected chi connectivity index (χ0v) is 13.1. The second-order valence-electron chi connectivity index (χ2n) is 5.75. The average Bonchev–Trinajstić information content (AvgIpc) is 2.29. The van der Waals surface area contributed by atoms with Crippen molar-refractivity contribution >= 4 is 5.91 Å². The van der Waals surface area contributed by atoms with E-state index in [4.69, 9.17) is 10.5 Å². The highest BCUT2D eigenvalue weighted by molar-refractivity contribution is 5.79. The molecule has 0 aliphatic carbocycles. The fourth-order valence-corrected chi connectivity index (χ4v) is 2.05. The smallest absolute Gasteiger partial charge is 0.234 e. The van der Waals surface area contributed by atoms with Gasteiger partial charge in [-0.3, -0.25) is 4.79 Å². The van der Waals surface area contributed by atoms with Gasteiger partial charge in [0.2, 0.25) is 5.91 Å². The first-order valence-corrected chi connectivity index (χ1v) is 7.13. The topological polar surface area (TPSA) is 67.6 Å². The van der Waals surface area contributed by atoms with Gasteiger partial charge in [-0.25, -0.2) is 0 Å². The maximum atomic E-state index is 11.4. The molecule has 0 fully saturated rings. The summed E-state index contributed by atoms with van der Waals surface area (Å²) in [7, 11) is 1.71. The van der Waals surface area contributed by atoms with Gasteiger partial charge in [0.15, 0.2) is 0 Å². The van der Waals surface area contributed by atoms with Gasteiger partial charge in [-0.15, -0.1) is 0 Å². The number of rotatable bonds is 11. The Balaban J connectivity index is 4.27. The van der Waals surface area contributed by atoms with Crippen molar-refractivity contribution in [3.05, 3.63) is 0 Å². The third-order valence-electron chi connectivity index (χ3n) is 2.85. The molecule has 3 N–H and O–H groups in total. The summed E-state index contributed by atoms with van der Waals surface area (Å²) >= 11 is 0. The second kappa shape index (κ2) is 10.2. The third-order valence-corrected chi connectivity index (χ3v) is 2.85. The highest BCUT2D eigenvalue weighted by Gasteiger charge is 2.17. The summed E-state index contributed by atoms with van der Waals surface area (Å²) in [5, 5.41) is 3.21. The molecule has 0 aromatic rings. The summed E-state index contributed by atoms with van der Waals surface area (Å²) in [6.45, 7) is 11.9. The van der Waals surface area contributed by atoms with E-state index in [1.54, 1.807) is 7.11 Å². The fourth-order valence-electron chi connectivity index (χ4n) is 2.05. The summed E-state index contributed by atoms with van der Waals surface area (Å²) < 4.78 is 5.12. The number of carbonyl (C=O) groups is 1. The lowest BCUT2D eigenvalue weighted by molar-refractivity contribution is -0.120. The molecule has 0 aliphatic rings. The van der Waals surface area contributed by atoms with Crippen LogP contribution in [-0.4, -0.2) is 56.2 Å². The second-order valence-corrected chi connectivity index (χ2v) is 5.75. The zero-order chi connectivity index (χ0) is 14.8. The molecular weight excluding hydrogens is 242 g/mol. The summed E-state index contributed by atoms with van der Waals surface area (Å²) in [5.41, 5.74) is 5.43. The minimum Gasteiger partial charge on any atom is -0.383 e. The van der Waals surface area contributed by atoms with Crippen LogP contribution in [0.5, 0.6) is 0 Å². The number of amides is 1. The van der Waals surface area contributed by atoms with E-state index in [-0.39, 0.29) is 18.0 Å². The highest BCUT2D eigenvalue weighted by atomic mass is 16.5. The van der Waals surface area contributed by atoms with E-state index in [2.05, 4.69) is 24.1 Å². The first-order chi connectivity index (χ1) is 8.86. The lowest BCUT2D eigenvalue weighted by atomic mass is 10.1.